The highest BCUT2D eigenvalue weighted by Gasteiger charge is 2.30. The van der Waals surface area contributed by atoms with E-state index in [1.165, 1.54) is 57.5 Å². The van der Waals surface area contributed by atoms with Gasteiger partial charge in [0.15, 0.2) is 5.96 Å². The first-order valence-corrected chi connectivity index (χ1v) is 12.6. The van der Waals surface area contributed by atoms with Crippen LogP contribution in [0.15, 0.2) is 35.3 Å². The smallest absolute Gasteiger partial charge is 0.193 e. The molecule has 0 spiro atoms. The Bertz CT molecular complexity index is 691. The first kappa shape index (κ1) is 26.7. The van der Waals surface area contributed by atoms with Gasteiger partial charge in [0, 0.05) is 78.5 Å². The first-order valence-electron chi connectivity index (χ1n) is 12.6. The van der Waals surface area contributed by atoms with Gasteiger partial charge in [-0.25, -0.2) is 0 Å². The number of piperazine rings is 1. The molecule has 3 saturated heterocycles. The standard InChI is InChI=1S/C25H42N6O.HI/c1-26-25(31-12-9-24(22-31)30-17-19-32-20-18-30)27-10-5-6-11-28-13-15-29(16-14-28)21-23-7-3-2-4-8-23;/h2-4,7-8,24H,5-6,9-22H2,1H3,(H,26,27);1H. The molecule has 1 atom stereocenters. The van der Waals surface area contributed by atoms with Crippen LogP contribution >= 0.6 is 24.0 Å². The maximum Gasteiger partial charge on any atom is 0.193 e. The van der Waals surface area contributed by atoms with Crippen molar-refractivity contribution in [2.75, 3.05) is 85.7 Å². The number of hydrogen-bond donors (Lipinski definition) is 1. The number of halogens is 1. The SMILES string of the molecule is CN=C(NCCCCN1CCN(Cc2ccccc2)CC1)N1CCC(N2CCOCC2)C1.I. The van der Waals surface area contributed by atoms with Gasteiger partial charge in [0.1, 0.15) is 0 Å². The van der Waals surface area contributed by atoms with Crippen LogP contribution < -0.4 is 5.32 Å². The number of nitrogens with one attached hydrogen (secondary N) is 1. The summed E-state index contributed by atoms with van der Waals surface area (Å²) in [6, 6.07) is 11.5. The Kier molecular flexibility index (Phi) is 11.7. The fraction of sp³-hybridized carbons (Fsp3) is 0.720. The lowest BCUT2D eigenvalue weighted by molar-refractivity contribution is 0.0195. The molecule has 7 nitrogen and oxygen atoms in total. The minimum atomic E-state index is 0. The molecular weight excluding hydrogens is 527 g/mol. The first-order chi connectivity index (χ1) is 15.8. The molecule has 33 heavy (non-hydrogen) atoms. The minimum absolute atomic E-state index is 0. The van der Waals surface area contributed by atoms with Crippen molar-refractivity contribution in [1.82, 2.24) is 24.9 Å². The van der Waals surface area contributed by atoms with Crippen molar-refractivity contribution in [2.24, 2.45) is 4.99 Å². The molecule has 1 unspecified atom stereocenters. The van der Waals surface area contributed by atoms with Crippen molar-refractivity contribution in [3.05, 3.63) is 35.9 Å². The van der Waals surface area contributed by atoms with Crippen LogP contribution in [-0.4, -0.2) is 117 Å². The summed E-state index contributed by atoms with van der Waals surface area (Å²) in [5, 5.41) is 3.61. The summed E-state index contributed by atoms with van der Waals surface area (Å²) in [6.07, 6.45) is 3.68. The van der Waals surface area contributed by atoms with Crippen LogP contribution in [0.4, 0.5) is 0 Å². The molecule has 4 rings (SSSR count). The second-order valence-corrected chi connectivity index (χ2v) is 9.32. The zero-order valence-electron chi connectivity index (χ0n) is 20.3. The van der Waals surface area contributed by atoms with E-state index >= 15 is 0 Å². The molecule has 0 amide bonds. The number of likely N-dealkylation sites (tertiary alicyclic amines) is 1. The molecule has 8 heteroatoms. The number of guanidine groups is 1. The van der Waals surface area contributed by atoms with Crippen molar-refractivity contribution in [2.45, 2.75) is 31.8 Å². The molecule has 1 aromatic carbocycles. The van der Waals surface area contributed by atoms with Gasteiger partial charge in [-0.3, -0.25) is 14.8 Å². The third kappa shape index (κ3) is 8.35. The monoisotopic (exact) mass is 570 g/mol. The van der Waals surface area contributed by atoms with Gasteiger partial charge in [0.2, 0.25) is 0 Å². The van der Waals surface area contributed by atoms with Crippen molar-refractivity contribution in [3.8, 4) is 0 Å². The topological polar surface area (TPSA) is 46.6 Å². The van der Waals surface area contributed by atoms with Gasteiger partial charge in [-0.15, -0.1) is 24.0 Å². The summed E-state index contributed by atoms with van der Waals surface area (Å²) in [5.41, 5.74) is 1.43. The minimum Gasteiger partial charge on any atom is -0.379 e. The summed E-state index contributed by atoms with van der Waals surface area (Å²) in [5.74, 6) is 1.08. The largest absolute Gasteiger partial charge is 0.379 e. The number of morpholine rings is 1. The number of benzene rings is 1. The molecule has 0 saturated carbocycles. The number of hydrogen-bond acceptors (Lipinski definition) is 5. The van der Waals surface area contributed by atoms with Crippen LogP contribution in [0.1, 0.15) is 24.8 Å². The molecule has 3 aliphatic heterocycles. The van der Waals surface area contributed by atoms with Gasteiger partial charge in [0.05, 0.1) is 13.2 Å². The number of ether oxygens (including phenoxy) is 1. The summed E-state index contributed by atoms with van der Waals surface area (Å²) >= 11 is 0. The molecule has 3 fully saturated rings. The molecule has 0 bridgehead atoms. The van der Waals surface area contributed by atoms with Crippen LogP contribution in [0, 0.1) is 0 Å². The van der Waals surface area contributed by atoms with Crippen LogP contribution in [-0.2, 0) is 11.3 Å². The fourth-order valence-electron chi connectivity index (χ4n) is 5.18. The van der Waals surface area contributed by atoms with Crippen LogP contribution in [0.2, 0.25) is 0 Å². The highest BCUT2D eigenvalue weighted by Crippen LogP contribution is 2.17. The number of aliphatic imine (C=N–C) groups is 1. The lowest BCUT2D eigenvalue weighted by Gasteiger charge is -2.34. The van der Waals surface area contributed by atoms with E-state index in [-0.39, 0.29) is 24.0 Å². The Morgan fingerprint density at radius 1 is 0.970 bits per heavy atom. The Balaban J connectivity index is 0.00000306. The zero-order valence-corrected chi connectivity index (χ0v) is 22.7. The van der Waals surface area contributed by atoms with Gasteiger partial charge >= 0.3 is 0 Å². The molecule has 0 aliphatic carbocycles. The van der Waals surface area contributed by atoms with E-state index in [1.807, 2.05) is 7.05 Å². The van der Waals surface area contributed by atoms with Crippen LogP contribution in [0.5, 0.6) is 0 Å². The van der Waals surface area contributed by atoms with Crippen molar-refractivity contribution >= 4 is 29.9 Å². The summed E-state index contributed by atoms with van der Waals surface area (Å²) < 4.78 is 5.51. The Morgan fingerprint density at radius 3 is 2.42 bits per heavy atom. The second kappa shape index (κ2) is 14.5. The summed E-state index contributed by atoms with van der Waals surface area (Å²) in [6.45, 7) is 14.2. The average Bonchev–Trinajstić information content (AvgIpc) is 3.34. The molecule has 3 heterocycles. The van der Waals surface area contributed by atoms with Crippen molar-refractivity contribution in [3.63, 3.8) is 0 Å². The molecule has 3 aliphatic rings. The van der Waals surface area contributed by atoms with Gasteiger partial charge in [-0.2, -0.15) is 0 Å². The Hall–Kier alpha value is -0.940. The predicted molar refractivity (Wildman–Crippen MR) is 147 cm³/mol. The third-order valence-corrected chi connectivity index (χ3v) is 7.13. The van der Waals surface area contributed by atoms with E-state index in [2.05, 4.69) is 60.2 Å². The lowest BCUT2D eigenvalue weighted by atomic mass is 10.2. The van der Waals surface area contributed by atoms with E-state index in [1.54, 1.807) is 0 Å². The molecule has 1 aromatic rings. The highest BCUT2D eigenvalue weighted by molar-refractivity contribution is 14.0. The average molecular weight is 571 g/mol. The third-order valence-electron chi connectivity index (χ3n) is 7.13. The highest BCUT2D eigenvalue weighted by atomic mass is 127. The summed E-state index contributed by atoms with van der Waals surface area (Å²) in [7, 11) is 1.92. The number of unbranched alkanes of at least 4 members (excludes halogenated alkanes) is 1. The van der Waals surface area contributed by atoms with E-state index in [9.17, 15) is 0 Å². The van der Waals surface area contributed by atoms with Gasteiger partial charge in [-0.05, 0) is 31.4 Å². The molecule has 186 valence electrons. The lowest BCUT2D eigenvalue weighted by Crippen LogP contribution is -2.47. The number of nitrogens with zero attached hydrogens (tertiary/aromatic N) is 5. The fourth-order valence-corrected chi connectivity index (χ4v) is 5.18. The molecule has 0 radical (unpaired) electrons. The maximum atomic E-state index is 5.51. The van der Waals surface area contributed by atoms with Gasteiger partial charge in [-0.1, -0.05) is 30.3 Å². The normalized spacial score (nSPS) is 23.5. The van der Waals surface area contributed by atoms with Gasteiger partial charge in [0.25, 0.3) is 0 Å². The van der Waals surface area contributed by atoms with Gasteiger partial charge < -0.3 is 19.9 Å². The van der Waals surface area contributed by atoms with E-state index in [0.717, 1.165) is 58.4 Å². The van der Waals surface area contributed by atoms with E-state index < -0.39 is 0 Å². The summed E-state index contributed by atoms with van der Waals surface area (Å²) in [4.78, 5) is 14.8. The molecule has 0 aromatic heterocycles. The van der Waals surface area contributed by atoms with Crippen LogP contribution in [0.3, 0.4) is 0 Å². The maximum absolute atomic E-state index is 5.51. The van der Waals surface area contributed by atoms with Crippen molar-refractivity contribution in [1.29, 1.82) is 0 Å². The second-order valence-electron chi connectivity index (χ2n) is 9.32. The quantitative estimate of drug-likeness (QED) is 0.224. The number of rotatable bonds is 8. The van der Waals surface area contributed by atoms with E-state index in [4.69, 9.17) is 4.74 Å². The zero-order chi connectivity index (χ0) is 22.0. The molecular formula is C25H43IN6O. The molecule has 1 N–H and O–H groups in total. The Labute approximate surface area is 217 Å². The van der Waals surface area contributed by atoms with E-state index in [0.29, 0.717) is 6.04 Å². The predicted octanol–water partition coefficient (Wildman–Crippen LogP) is 2.18. The van der Waals surface area contributed by atoms with Crippen LogP contribution in [0.25, 0.3) is 0 Å². The van der Waals surface area contributed by atoms with Crippen molar-refractivity contribution < 1.29 is 4.74 Å². The Morgan fingerprint density at radius 2 is 1.70 bits per heavy atom.